The summed E-state index contributed by atoms with van der Waals surface area (Å²) < 4.78 is 0. The molecule has 20 heavy (non-hydrogen) atoms. The zero-order valence-electron chi connectivity index (χ0n) is 13.4. The van der Waals surface area contributed by atoms with Crippen LogP contribution in [0.15, 0.2) is 24.3 Å². The van der Waals surface area contributed by atoms with Gasteiger partial charge in [-0.2, -0.15) is 0 Å². The van der Waals surface area contributed by atoms with Crippen LogP contribution in [0, 0.1) is 11.3 Å². The molecule has 3 atom stereocenters. The number of hydrazine groups is 1. The van der Waals surface area contributed by atoms with E-state index in [4.69, 9.17) is 5.84 Å². The molecule has 2 rings (SSSR count). The van der Waals surface area contributed by atoms with Gasteiger partial charge in [0.05, 0.1) is 0 Å². The molecule has 112 valence electrons. The van der Waals surface area contributed by atoms with E-state index in [1.54, 1.807) is 0 Å². The van der Waals surface area contributed by atoms with E-state index >= 15 is 0 Å². The van der Waals surface area contributed by atoms with Gasteiger partial charge >= 0.3 is 0 Å². The first-order valence-electron chi connectivity index (χ1n) is 7.93. The number of rotatable bonds is 6. The highest BCUT2D eigenvalue weighted by molar-refractivity contribution is 5.39. The second-order valence-corrected chi connectivity index (χ2v) is 7.80. The average molecular weight is 274 g/mol. The molecule has 1 aromatic rings. The molecule has 0 spiro atoms. The number of hydrogen-bond donors (Lipinski definition) is 2. The quantitative estimate of drug-likeness (QED) is 0.607. The molecule has 2 nitrogen and oxygen atoms in total. The van der Waals surface area contributed by atoms with Gasteiger partial charge in [0.1, 0.15) is 0 Å². The van der Waals surface area contributed by atoms with Gasteiger partial charge in [0.25, 0.3) is 0 Å². The van der Waals surface area contributed by atoms with Gasteiger partial charge in [0.2, 0.25) is 0 Å². The maximum absolute atomic E-state index is 5.78. The molecule has 1 aromatic carbocycles. The third-order valence-electron chi connectivity index (χ3n) is 4.41. The van der Waals surface area contributed by atoms with Crippen molar-refractivity contribution in [1.82, 2.24) is 5.43 Å². The number of nitrogens with two attached hydrogens (primary N) is 1. The van der Waals surface area contributed by atoms with Gasteiger partial charge in [-0.15, -0.1) is 0 Å². The monoisotopic (exact) mass is 274 g/mol. The van der Waals surface area contributed by atoms with E-state index in [1.165, 1.54) is 36.8 Å². The summed E-state index contributed by atoms with van der Waals surface area (Å²) in [5.41, 5.74) is 6.52. The fourth-order valence-electron chi connectivity index (χ4n) is 3.76. The maximum atomic E-state index is 5.78. The van der Waals surface area contributed by atoms with Crippen LogP contribution in [-0.4, -0.2) is 6.04 Å². The number of fused-ring (bicyclic) bond motifs is 1. The summed E-state index contributed by atoms with van der Waals surface area (Å²) in [4.78, 5) is 0. The first-order valence-corrected chi connectivity index (χ1v) is 7.93. The van der Waals surface area contributed by atoms with Gasteiger partial charge in [-0.1, -0.05) is 52.0 Å². The molecule has 0 saturated carbocycles. The summed E-state index contributed by atoms with van der Waals surface area (Å²) in [5, 5.41) is 0. The Bertz CT molecular complexity index is 433. The summed E-state index contributed by atoms with van der Waals surface area (Å²) in [6, 6.07) is 9.25. The molecule has 3 unspecified atom stereocenters. The molecular formula is C18H30N2. The molecule has 0 saturated heterocycles. The van der Waals surface area contributed by atoms with Gasteiger partial charge in [-0.3, -0.25) is 11.3 Å². The fourth-order valence-corrected chi connectivity index (χ4v) is 3.76. The highest BCUT2D eigenvalue weighted by atomic mass is 15.2. The Balaban J connectivity index is 1.85. The minimum absolute atomic E-state index is 0.404. The van der Waals surface area contributed by atoms with E-state index in [2.05, 4.69) is 57.4 Å². The first-order chi connectivity index (χ1) is 9.39. The molecule has 0 aliphatic heterocycles. The van der Waals surface area contributed by atoms with Gasteiger partial charge in [-0.05, 0) is 54.1 Å². The Hall–Kier alpha value is -0.860. The summed E-state index contributed by atoms with van der Waals surface area (Å²) in [6.07, 6.45) is 4.82. The van der Waals surface area contributed by atoms with Crippen molar-refractivity contribution >= 4 is 0 Å². The summed E-state index contributed by atoms with van der Waals surface area (Å²) in [7, 11) is 0. The van der Waals surface area contributed by atoms with Gasteiger partial charge < -0.3 is 0 Å². The molecule has 0 heterocycles. The minimum atomic E-state index is 0.404. The lowest BCUT2D eigenvalue weighted by Crippen LogP contribution is -2.39. The molecule has 2 heteroatoms. The van der Waals surface area contributed by atoms with Crippen molar-refractivity contribution in [2.45, 2.75) is 65.3 Å². The van der Waals surface area contributed by atoms with Crippen LogP contribution in [0.25, 0.3) is 0 Å². The van der Waals surface area contributed by atoms with Crippen molar-refractivity contribution in [3.63, 3.8) is 0 Å². The molecular weight excluding hydrogens is 244 g/mol. The van der Waals surface area contributed by atoms with E-state index in [-0.39, 0.29) is 0 Å². The molecule has 0 bridgehead atoms. The SMILES string of the molecule is CC(CC(CC1Cc2ccccc21)NN)CC(C)(C)C. The zero-order valence-corrected chi connectivity index (χ0v) is 13.4. The molecule has 0 fully saturated rings. The molecule has 0 radical (unpaired) electrons. The Morgan fingerprint density at radius 2 is 2.00 bits per heavy atom. The standard InChI is InChI=1S/C18H30N2/c1-13(12-18(2,3)4)9-16(20-19)11-15-10-14-7-5-6-8-17(14)15/h5-8,13,15-16,20H,9-12,19H2,1-4H3. The third kappa shape index (κ3) is 4.07. The molecule has 1 aliphatic carbocycles. The smallest absolute Gasteiger partial charge is 0.0219 e. The lowest BCUT2D eigenvalue weighted by Gasteiger charge is -2.34. The van der Waals surface area contributed by atoms with Crippen LogP contribution in [0.2, 0.25) is 0 Å². The second-order valence-electron chi connectivity index (χ2n) is 7.80. The predicted molar refractivity (Wildman–Crippen MR) is 86.5 cm³/mol. The molecule has 1 aliphatic rings. The minimum Gasteiger partial charge on any atom is -0.271 e. The normalized spacial score (nSPS) is 20.9. The summed E-state index contributed by atoms with van der Waals surface area (Å²) >= 11 is 0. The number of benzene rings is 1. The summed E-state index contributed by atoms with van der Waals surface area (Å²) in [5.74, 6) is 7.20. The summed E-state index contributed by atoms with van der Waals surface area (Å²) in [6.45, 7) is 9.30. The number of nitrogens with one attached hydrogen (secondary N) is 1. The van der Waals surface area contributed by atoms with E-state index < -0.39 is 0 Å². The van der Waals surface area contributed by atoms with E-state index in [9.17, 15) is 0 Å². The van der Waals surface area contributed by atoms with Gasteiger partial charge in [0.15, 0.2) is 0 Å². The van der Waals surface area contributed by atoms with Crippen LogP contribution in [0.4, 0.5) is 0 Å². The van der Waals surface area contributed by atoms with Crippen LogP contribution < -0.4 is 11.3 Å². The van der Waals surface area contributed by atoms with Gasteiger partial charge in [-0.25, -0.2) is 0 Å². The van der Waals surface area contributed by atoms with Crippen molar-refractivity contribution in [3.05, 3.63) is 35.4 Å². The van der Waals surface area contributed by atoms with Crippen LogP contribution in [0.3, 0.4) is 0 Å². The van der Waals surface area contributed by atoms with E-state index in [1.807, 2.05) is 0 Å². The van der Waals surface area contributed by atoms with Crippen LogP contribution in [0.5, 0.6) is 0 Å². The highest BCUT2D eigenvalue weighted by Gasteiger charge is 2.28. The lowest BCUT2D eigenvalue weighted by atomic mass is 9.73. The average Bonchev–Trinajstić information content (AvgIpc) is 2.32. The van der Waals surface area contributed by atoms with Crippen LogP contribution in [-0.2, 0) is 6.42 Å². The Labute approximate surface area is 124 Å². The molecule has 0 aromatic heterocycles. The van der Waals surface area contributed by atoms with E-state index in [0.717, 1.165) is 0 Å². The Morgan fingerprint density at radius 1 is 1.30 bits per heavy atom. The Kier molecular flexibility index (Phi) is 4.87. The van der Waals surface area contributed by atoms with E-state index in [0.29, 0.717) is 23.3 Å². The fraction of sp³-hybridized carbons (Fsp3) is 0.667. The first kappa shape index (κ1) is 15.5. The zero-order chi connectivity index (χ0) is 14.8. The van der Waals surface area contributed by atoms with Crippen molar-refractivity contribution in [1.29, 1.82) is 0 Å². The van der Waals surface area contributed by atoms with Crippen molar-refractivity contribution in [2.75, 3.05) is 0 Å². The van der Waals surface area contributed by atoms with Crippen LogP contribution in [0.1, 0.15) is 64.0 Å². The number of hydrogen-bond acceptors (Lipinski definition) is 2. The largest absolute Gasteiger partial charge is 0.271 e. The lowest BCUT2D eigenvalue weighted by molar-refractivity contribution is 0.264. The van der Waals surface area contributed by atoms with Crippen molar-refractivity contribution < 1.29 is 0 Å². The molecule has 0 amide bonds. The van der Waals surface area contributed by atoms with Crippen molar-refractivity contribution in [2.24, 2.45) is 17.2 Å². The van der Waals surface area contributed by atoms with Gasteiger partial charge in [0, 0.05) is 6.04 Å². The van der Waals surface area contributed by atoms with Crippen LogP contribution >= 0.6 is 0 Å². The molecule has 3 N–H and O–H groups in total. The second kappa shape index (κ2) is 6.28. The predicted octanol–water partition coefficient (Wildman–Crippen LogP) is 4.01. The Morgan fingerprint density at radius 3 is 2.60 bits per heavy atom. The maximum Gasteiger partial charge on any atom is 0.0219 e. The topological polar surface area (TPSA) is 38.0 Å². The highest BCUT2D eigenvalue weighted by Crippen LogP contribution is 2.39. The van der Waals surface area contributed by atoms with Crippen molar-refractivity contribution in [3.8, 4) is 0 Å². The third-order valence-corrected chi connectivity index (χ3v) is 4.41.